The third-order valence-electron chi connectivity index (χ3n) is 7.11. The number of piperidine rings is 1. The molecule has 0 unspecified atom stereocenters. The number of ether oxygens (including phenoxy) is 1. The number of pyridine rings is 1. The fraction of sp³-hybridized carbons (Fsp3) is 0.280. The van der Waals surface area contributed by atoms with Crippen molar-refractivity contribution in [2.75, 3.05) is 23.3 Å². The second-order valence-electron chi connectivity index (χ2n) is 9.42. The summed E-state index contributed by atoms with van der Waals surface area (Å²) in [7, 11) is 0. The van der Waals surface area contributed by atoms with E-state index in [1.165, 1.54) is 12.7 Å². The zero-order valence-electron chi connectivity index (χ0n) is 19.6. The van der Waals surface area contributed by atoms with Gasteiger partial charge in [0.05, 0.1) is 17.3 Å². The minimum absolute atomic E-state index is 0.223. The molecule has 4 aromatic heterocycles. The van der Waals surface area contributed by atoms with Gasteiger partial charge in [-0.25, -0.2) is 29.4 Å². The van der Waals surface area contributed by atoms with Gasteiger partial charge in [-0.05, 0) is 37.1 Å². The molecule has 2 aliphatic rings. The van der Waals surface area contributed by atoms with E-state index in [9.17, 15) is 5.11 Å². The van der Waals surface area contributed by atoms with Crippen molar-refractivity contribution in [3.8, 4) is 11.5 Å². The van der Waals surface area contributed by atoms with Crippen LogP contribution in [0.1, 0.15) is 12.8 Å². The quantitative estimate of drug-likeness (QED) is 0.356. The third-order valence-corrected chi connectivity index (χ3v) is 7.40. The molecular formula is C25H22ClN9O2. The van der Waals surface area contributed by atoms with E-state index in [4.69, 9.17) is 21.3 Å². The molecular weight excluding hydrogens is 494 g/mol. The van der Waals surface area contributed by atoms with Crippen LogP contribution in [0, 0.1) is 11.8 Å². The van der Waals surface area contributed by atoms with Gasteiger partial charge in [0, 0.05) is 42.9 Å². The fourth-order valence-electron chi connectivity index (χ4n) is 5.23. The molecule has 2 bridgehead atoms. The van der Waals surface area contributed by atoms with Crippen molar-refractivity contribution >= 4 is 45.7 Å². The molecule has 3 atom stereocenters. The van der Waals surface area contributed by atoms with E-state index in [0.717, 1.165) is 31.6 Å². The molecule has 37 heavy (non-hydrogen) atoms. The summed E-state index contributed by atoms with van der Waals surface area (Å²) in [6, 6.07) is 9.00. The number of hydrogen-bond acceptors (Lipinski definition) is 10. The van der Waals surface area contributed by atoms with Crippen LogP contribution >= 0.6 is 11.6 Å². The Morgan fingerprint density at radius 3 is 2.70 bits per heavy atom. The van der Waals surface area contributed by atoms with Gasteiger partial charge in [-0.2, -0.15) is 5.10 Å². The second-order valence-corrected chi connectivity index (χ2v) is 9.82. The summed E-state index contributed by atoms with van der Waals surface area (Å²) in [5.41, 5.74) is 2.65. The summed E-state index contributed by atoms with van der Waals surface area (Å²) < 4.78 is 7.62. The third kappa shape index (κ3) is 4.05. The van der Waals surface area contributed by atoms with Crippen LogP contribution in [-0.4, -0.2) is 58.8 Å². The van der Waals surface area contributed by atoms with Crippen LogP contribution in [0.2, 0.25) is 5.02 Å². The Hall–Kier alpha value is -4.09. The number of aliphatic hydroxyl groups is 1. The standard InChI is InChI=1S/C25H22ClN9O2/c26-18-7-16(3-4-20(18)37-17-5-6-35-21(8-17)29-13-31-35)32-24-22-19(28-12-30-24)9-27-25(33-22)34-10-14-1-2-15(11-34)23(14)36/h3-9,12-15,23,36H,1-2,10-11H2,(H,28,30,32)/t14-,15+,23-. The first-order valence-electron chi connectivity index (χ1n) is 12.1. The summed E-state index contributed by atoms with van der Waals surface area (Å²) in [6.45, 7) is 1.50. The van der Waals surface area contributed by atoms with Gasteiger partial charge in [0.25, 0.3) is 0 Å². The van der Waals surface area contributed by atoms with E-state index >= 15 is 0 Å². The van der Waals surface area contributed by atoms with Crippen LogP contribution in [0.15, 0.2) is 55.4 Å². The van der Waals surface area contributed by atoms with Crippen molar-refractivity contribution in [3.63, 3.8) is 0 Å². The molecule has 186 valence electrons. The molecule has 7 rings (SSSR count). The Morgan fingerprint density at radius 2 is 1.86 bits per heavy atom. The van der Waals surface area contributed by atoms with E-state index in [0.29, 0.717) is 45.0 Å². The van der Waals surface area contributed by atoms with Gasteiger partial charge in [-0.3, -0.25) is 0 Å². The molecule has 0 spiro atoms. The molecule has 2 N–H and O–H groups in total. The summed E-state index contributed by atoms with van der Waals surface area (Å²) in [5, 5.41) is 18.2. The number of nitrogens with one attached hydrogen (secondary N) is 1. The number of anilines is 3. The number of nitrogens with zero attached hydrogens (tertiary/aromatic N) is 8. The Kier molecular flexibility index (Phi) is 5.26. The molecule has 5 aromatic rings. The highest BCUT2D eigenvalue weighted by molar-refractivity contribution is 6.32. The Balaban J connectivity index is 1.14. The number of hydrogen-bond donors (Lipinski definition) is 2. The number of rotatable bonds is 5. The lowest BCUT2D eigenvalue weighted by Crippen LogP contribution is -2.45. The highest BCUT2D eigenvalue weighted by Gasteiger charge is 2.41. The van der Waals surface area contributed by atoms with E-state index < -0.39 is 0 Å². The van der Waals surface area contributed by atoms with Crippen LogP contribution in [0.25, 0.3) is 16.7 Å². The largest absolute Gasteiger partial charge is 0.456 e. The number of aromatic nitrogens is 7. The molecule has 12 heteroatoms. The van der Waals surface area contributed by atoms with Crippen molar-refractivity contribution in [1.82, 2.24) is 34.5 Å². The zero-order chi connectivity index (χ0) is 24.9. The maximum absolute atomic E-state index is 10.4. The topological polar surface area (TPSA) is 126 Å². The second kappa shape index (κ2) is 8.79. The van der Waals surface area contributed by atoms with E-state index in [2.05, 4.69) is 35.3 Å². The Bertz CT molecular complexity index is 1610. The normalized spacial score (nSPS) is 21.0. The summed E-state index contributed by atoms with van der Waals surface area (Å²) >= 11 is 6.55. The van der Waals surface area contributed by atoms with Crippen molar-refractivity contribution in [3.05, 3.63) is 60.4 Å². The monoisotopic (exact) mass is 515 g/mol. The summed E-state index contributed by atoms with van der Waals surface area (Å²) in [5.74, 6) is 2.83. The van der Waals surface area contributed by atoms with Gasteiger partial charge in [0.1, 0.15) is 35.2 Å². The van der Waals surface area contributed by atoms with Gasteiger partial charge in [0.15, 0.2) is 11.5 Å². The van der Waals surface area contributed by atoms with Crippen LogP contribution in [0.5, 0.6) is 11.5 Å². The molecule has 1 aliphatic carbocycles. The molecule has 11 nitrogen and oxygen atoms in total. The predicted octanol–water partition coefficient (Wildman–Crippen LogP) is 3.86. The average molecular weight is 516 g/mol. The van der Waals surface area contributed by atoms with Crippen molar-refractivity contribution in [1.29, 1.82) is 0 Å². The maximum atomic E-state index is 10.4. The maximum Gasteiger partial charge on any atom is 0.226 e. The van der Waals surface area contributed by atoms with Gasteiger partial charge in [-0.15, -0.1) is 0 Å². The van der Waals surface area contributed by atoms with Crippen molar-refractivity contribution in [2.24, 2.45) is 11.8 Å². The number of aliphatic hydroxyl groups excluding tert-OH is 1. The minimum Gasteiger partial charge on any atom is -0.456 e. The van der Waals surface area contributed by atoms with Crippen molar-refractivity contribution in [2.45, 2.75) is 18.9 Å². The first-order chi connectivity index (χ1) is 18.1. The average Bonchev–Trinajstić information content (AvgIpc) is 3.44. The Morgan fingerprint density at radius 1 is 1.00 bits per heavy atom. The van der Waals surface area contributed by atoms with Crippen LogP contribution in [0.3, 0.4) is 0 Å². The zero-order valence-corrected chi connectivity index (χ0v) is 20.3. The van der Waals surface area contributed by atoms with Crippen LogP contribution in [-0.2, 0) is 0 Å². The lowest BCUT2D eigenvalue weighted by atomic mass is 9.95. The van der Waals surface area contributed by atoms with E-state index in [-0.39, 0.29) is 17.9 Å². The highest BCUT2D eigenvalue weighted by Crippen LogP contribution is 2.38. The first kappa shape index (κ1) is 22.1. The number of fused-ring (bicyclic) bond motifs is 4. The summed E-state index contributed by atoms with van der Waals surface area (Å²) in [4.78, 5) is 24.4. The first-order valence-corrected chi connectivity index (χ1v) is 12.4. The SMILES string of the molecule is O[C@@H]1[C@@H]2CC[C@H]1CN(c1ncc3ncnc(Nc4ccc(Oc5ccn6ncnc6c5)c(Cl)c4)c3n1)C2. The van der Waals surface area contributed by atoms with E-state index in [1.807, 2.05) is 6.07 Å². The molecule has 0 radical (unpaired) electrons. The van der Waals surface area contributed by atoms with Crippen LogP contribution in [0.4, 0.5) is 17.5 Å². The highest BCUT2D eigenvalue weighted by atomic mass is 35.5. The van der Waals surface area contributed by atoms with Gasteiger partial charge in [0.2, 0.25) is 5.95 Å². The summed E-state index contributed by atoms with van der Waals surface area (Å²) in [6.07, 6.45) is 8.31. The number of halogens is 1. The molecule has 0 amide bonds. The van der Waals surface area contributed by atoms with Crippen molar-refractivity contribution < 1.29 is 9.84 Å². The number of benzene rings is 1. The molecule has 1 aliphatic heterocycles. The van der Waals surface area contributed by atoms with Gasteiger partial charge in [-0.1, -0.05) is 11.6 Å². The van der Waals surface area contributed by atoms with Gasteiger partial charge < -0.3 is 20.1 Å². The predicted molar refractivity (Wildman–Crippen MR) is 137 cm³/mol. The molecule has 5 heterocycles. The smallest absolute Gasteiger partial charge is 0.226 e. The molecule has 2 fully saturated rings. The lowest BCUT2D eigenvalue weighted by molar-refractivity contribution is 0.0788. The molecule has 1 aromatic carbocycles. The lowest BCUT2D eigenvalue weighted by Gasteiger charge is -2.35. The Labute approximate surface area is 216 Å². The molecule has 1 saturated heterocycles. The fourth-order valence-corrected chi connectivity index (χ4v) is 5.45. The van der Waals surface area contributed by atoms with E-state index in [1.54, 1.807) is 41.2 Å². The van der Waals surface area contributed by atoms with Crippen LogP contribution < -0.4 is 15.0 Å². The minimum atomic E-state index is -0.223. The molecule has 1 saturated carbocycles. The van der Waals surface area contributed by atoms with Gasteiger partial charge >= 0.3 is 0 Å².